The summed E-state index contributed by atoms with van der Waals surface area (Å²) in [7, 11) is 0. The van der Waals surface area contributed by atoms with Crippen LogP contribution in [0.2, 0.25) is 0 Å². The first-order valence-electron chi connectivity index (χ1n) is 8.19. The molecule has 25 heavy (non-hydrogen) atoms. The number of aliphatic hydroxyl groups is 1. The predicted octanol–water partition coefficient (Wildman–Crippen LogP) is 0.968. The molecule has 3 N–H and O–H groups in total. The molecule has 2 aromatic heterocycles. The highest BCUT2D eigenvalue weighted by Gasteiger charge is 2.15. The molecule has 1 unspecified atom stereocenters. The van der Waals surface area contributed by atoms with Crippen molar-refractivity contribution in [3.8, 4) is 0 Å². The van der Waals surface area contributed by atoms with E-state index in [0.717, 1.165) is 11.1 Å². The number of aromatic nitrogens is 4. The van der Waals surface area contributed by atoms with Gasteiger partial charge in [-0.2, -0.15) is 0 Å². The third-order valence-corrected chi connectivity index (χ3v) is 3.93. The van der Waals surface area contributed by atoms with Gasteiger partial charge in [-0.25, -0.2) is 19.7 Å². The lowest BCUT2D eigenvalue weighted by Crippen LogP contribution is -2.33. The maximum atomic E-state index is 12.0. The van der Waals surface area contributed by atoms with Crippen molar-refractivity contribution in [1.82, 2.24) is 25.3 Å². The van der Waals surface area contributed by atoms with Crippen molar-refractivity contribution < 1.29 is 9.90 Å². The van der Waals surface area contributed by atoms with E-state index in [1.165, 1.54) is 6.20 Å². The quantitative estimate of drug-likeness (QED) is 0.687. The van der Waals surface area contributed by atoms with Gasteiger partial charge >= 0.3 is 5.69 Å². The van der Waals surface area contributed by atoms with Crippen molar-refractivity contribution in [3.63, 3.8) is 0 Å². The van der Waals surface area contributed by atoms with Crippen LogP contribution in [0.1, 0.15) is 60.8 Å². The molecule has 0 aliphatic carbocycles. The van der Waals surface area contributed by atoms with Crippen LogP contribution in [0.25, 0.3) is 0 Å². The first-order chi connectivity index (χ1) is 11.9. The monoisotopic (exact) mass is 345 g/mol. The van der Waals surface area contributed by atoms with E-state index in [-0.39, 0.29) is 18.3 Å². The number of carbonyl (C=O) groups is 1. The van der Waals surface area contributed by atoms with Gasteiger partial charge < -0.3 is 15.4 Å². The Hall–Kier alpha value is -2.61. The van der Waals surface area contributed by atoms with E-state index >= 15 is 0 Å². The first-order valence-corrected chi connectivity index (χ1v) is 8.19. The standard InChI is InChI=1S/C17H23N5O3/c1-10(2)12-5-18-15(19-6-12)16(24)20-9-14(23)4-11(3)13-7-21-17(25)22-8-13/h5-8,10-11,14,23H,4,9H2,1-3H3,(H,20,24)(H,21,22,25)/t11-,14?/m0/s1. The number of nitrogens with one attached hydrogen (secondary N) is 2. The Morgan fingerprint density at radius 3 is 2.36 bits per heavy atom. The molecule has 0 fully saturated rings. The van der Waals surface area contributed by atoms with Crippen LogP contribution in [0.5, 0.6) is 0 Å². The van der Waals surface area contributed by atoms with Gasteiger partial charge in [0.05, 0.1) is 6.10 Å². The molecule has 8 nitrogen and oxygen atoms in total. The van der Waals surface area contributed by atoms with Crippen molar-refractivity contribution in [2.75, 3.05) is 6.54 Å². The van der Waals surface area contributed by atoms with E-state index in [2.05, 4.69) is 25.3 Å². The molecule has 2 heterocycles. The maximum absolute atomic E-state index is 12.0. The maximum Gasteiger partial charge on any atom is 0.344 e. The fraction of sp³-hybridized carbons (Fsp3) is 0.471. The van der Waals surface area contributed by atoms with Crippen LogP contribution in [0.4, 0.5) is 0 Å². The summed E-state index contributed by atoms with van der Waals surface area (Å²) in [6, 6.07) is 0. The van der Waals surface area contributed by atoms with Gasteiger partial charge in [-0.3, -0.25) is 4.79 Å². The Balaban J connectivity index is 1.84. The molecule has 134 valence electrons. The minimum absolute atomic E-state index is 0.0159. The second kappa shape index (κ2) is 8.48. The molecule has 0 radical (unpaired) electrons. The molecule has 2 atom stereocenters. The number of hydrogen-bond donors (Lipinski definition) is 3. The molecular weight excluding hydrogens is 322 g/mol. The van der Waals surface area contributed by atoms with Crippen molar-refractivity contribution in [2.45, 2.75) is 45.1 Å². The molecule has 1 amide bonds. The largest absolute Gasteiger partial charge is 0.391 e. The second-order valence-corrected chi connectivity index (χ2v) is 6.35. The van der Waals surface area contributed by atoms with Gasteiger partial charge in [0.25, 0.3) is 5.91 Å². The Morgan fingerprint density at radius 1 is 1.16 bits per heavy atom. The lowest BCUT2D eigenvalue weighted by Gasteiger charge is -2.16. The van der Waals surface area contributed by atoms with E-state index in [1.54, 1.807) is 18.6 Å². The zero-order valence-corrected chi connectivity index (χ0v) is 14.6. The van der Waals surface area contributed by atoms with Crippen LogP contribution >= 0.6 is 0 Å². The third kappa shape index (κ3) is 5.46. The Labute approximate surface area is 145 Å². The average molecular weight is 345 g/mol. The predicted molar refractivity (Wildman–Crippen MR) is 92.4 cm³/mol. The number of carbonyl (C=O) groups excluding carboxylic acids is 1. The molecule has 0 spiro atoms. The highest BCUT2D eigenvalue weighted by atomic mass is 16.3. The number of amides is 1. The van der Waals surface area contributed by atoms with Gasteiger partial charge in [-0.05, 0) is 29.4 Å². The van der Waals surface area contributed by atoms with Crippen molar-refractivity contribution in [1.29, 1.82) is 0 Å². The Bertz CT molecular complexity index is 737. The van der Waals surface area contributed by atoms with Crippen molar-refractivity contribution in [3.05, 3.63) is 52.2 Å². The first kappa shape index (κ1) is 18.7. The van der Waals surface area contributed by atoms with E-state index in [0.29, 0.717) is 12.3 Å². The van der Waals surface area contributed by atoms with Gasteiger partial charge in [0.15, 0.2) is 0 Å². The number of H-pyrrole nitrogens is 1. The summed E-state index contributed by atoms with van der Waals surface area (Å²) in [5.41, 5.74) is 1.37. The molecule has 0 saturated heterocycles. The van der Waals surface area contributed by atoms with Crippen molar-refractivity contribution >= 4 is 5.91 Å². The van der Waals surface area contributed by atoms with E-state index in [4.69, 9.17) is 0 Å². The Morgan fingerprint density at radius 2 is 1.80 bits per heavy atom. The topological polar surface area (TPSA) is 121 Å². The molecule has 2 aromatic rings. The van der Waals surface area contributed by atoms with E-state index in [9.17, 15) is 14.7 Å². The fourth-order valence-corrected chi connectivity index (χ4v) is 2.29. The molecule has 0 bridgehead atoms. The van der Waals surface area contributed by atoms with Gasteiger partial charge in [0.2, 0.25) is 5.82 Å². The summed E-state index contributed by atoms with van der Waals surface area (Å²) in [5.74, 6) is -0.0668. The average Bonchev–Trinajstić information content (AvgIpc) is 2.60. The van der Waals surface area contributed by atoms with Crippen LogP contribution in [-0.2, 0) is 0 Å². The molecular formula is C17H23N5O3. The van der Waals surface area contributed by atoms with Gasteiger partial charge in [0.1, 0.15) is 0 Å². The van der Waals surface area contributed by atoms with Gasteiger partial charge in [-0.1, -0.05) is 20.8 Å². The summed E-state index contributed by atoms with van der Waals surface area (Å²) in [6.45, 7) is 6.05. The smallest absolute Gasteiger partial charge is 0.344 e. The second-order valence-electron chi connectivity index (χ2n) is 6.35. The summed E-state index contributed by atoms with van der Waals surface area (Å²) >= 11 is 0. The highest BCUT2D eigenvalue weighted by molar-refractivity contribution is 5.90. The zero-order chi connectivity index (χ0) is 18.4. The molecule has 0 aliphatic rings. The van der Waals surface area contributed by atoms with Crippen LogP contribution < -0.4 is 11.0 Å². The third-order valence-electron chi connectivity index (χ3n) is 3.93. The van der Waals surface area contributed by atoms with Crippen LogP contribution in [0, 0.1) is 0 Å². The fourth-order valence-electron chi connectivity index (χ4n) is 2.29. The normalized spacial score (nSPS) is 13.5. The lowest BCUT2D eigenvalue weighted by atomic mass is 9.97. The van der Waals surface area contributed by atoms with Crippen LogP contribution in [0.3, 0.4) is 0 Å². The minimum Gasteiger partial charge on any atom is -0.391 e. The Kier molecular flexibility index (Phi) is 6.35. The van der Waals surface area contributed by atoms with E-state index in [1.807, 2.05) is 20.8 Å². The molecule has 2 rings (SSSR count). The summed E-state index contributed by atoms with van der Waals surface area (Å²) in [6.07, 6.45) is 6.01. The molecule has 0 aromatic carbocycles. The lowest BCUT2D eigenvalue weighted by molar-refractivity contribution is 0.0896. The van der Waals surface area contributed by atoms with Crippen LogP contribution in [-0.4, -0.2) is 43.6 Å². The highest BCUT2D eigenvalue weighted by Crippen LogP contribution is 2.18. The van der Waals surface area contributed by atoms with Crippen LogP contribution in [0.15, 0.2) is 29.6 Å². The number of rotatable bonds is 7. The SMILES string of the molecule is CC(C)c1cnc(C(=O)NCC(O)C[C@H](C)c2cnc(=O)[nH]c2)nc1. The van der Waals surface area contributed by atoms with Crippen molar-refractivity contribution in [2.24, 2.45) is 0 Å². The number of aliphatic hydroxyl groups excluding tert-OH is 1. The number of aromatic amines is 1. The summed E-state index contributed by atoms with van der Waals surface area (Å²) < 4.78 is 0. The van der Waals surface area contributed by atoms with Gasteiger partial charge in [-0.15, -0.1) is 0 Å². The summed E-state index contributed by atoms with van der Waals surface area (Å²) in [5, 5.41) is 12.7. The zero-order valence-electron chi connectivity index (χ0n) is 14.6. The minimum atomic E-state index is -0.735. The molecule has 8 heteroatoms. The number of nitrogens with zero attached hydrogens (tertiary/aromatic N) is 3. The number of hydrogen-bond acceptors (Lipinski definition) is 6. The molecule has 0 aliphatic heterocycles. The summed E-state index contributed by atoms with van der Waals surface area (Å²) in [4.78, 5) is 37.2. The van der Waals surface area contributed by atoms with Gasteiger partial charge in [0, 0.05) is 31.3 Å². The van der Waals surface area contributed by atoms with E-state index < -0.39 is 17.7 Å². The molecule has 0 saturated carbocycles.